The van der Waals surface area contributed by atoms with E-state index in [-0.39, 0.29) is 5.41 Å². The van der Waals surface area contributed by atoms with Gasteiger partial charge in [-0.25, -0.2) is 0 Å². The normalized spacial score (nSPS) is 37.5. The van der Waals surface area contributed by atoms with Crippen LogP contribution in [0.1, 0.15) is 122 Å². The average molecular weight is 452 g/mol. The zero-order chi connectivity index (χ0) is 23.3. The first kappa shape index (κ1) is 24.8. The van der Waals surface area contributed by atoms with Crippen molar-refractivity contribution in [3.05, 3.63) is 35.9 Å². The van der Waals surface area contributed by atoms with Crippen molar-refractivity contribution < 1.29 is 9.90 Å². The van der Waals surface area contributed by atoms with Crippen molar-refractivity contribution in [3.8, 4) is 0 Å². The Morgan fingerprint density at radius 1 is 0.758 bits per heavy atom. The van der Waals surface area contributed by atoms with Gasteiger partial charge in [-0.2, -0.15) is 0 Å². The molecule has 2 heteroatoms. The zero-order valence-corrected chi connectivity index (χ0v) is 21.3. The molecule has 0 heterocycles. The minimum atomic E-state index is -0.741. The fraction of sp³-hybridized carbons (Fsp3) is 0.774. The summed E-state index contributed by atoms with van der Waals surface area (Å²) < 4.78 is 0. The van der Waals surface area contributed by atoms with Crippen LogP contribution in [0.15, 0.2) is 30.3 Å². The highest BCUT2D eigenvalue weighted by molar-refractivity contribution is 5.73. The van der Waals surface area contributed by atoms with Gasteiger partial charge in [0.2, 0.25) is 0 Å². The predicted octanol–water partition coefficient (Wildman–Crippen LogP) is 7.45. The van der Waals surface area contributed by atoms with Crippen LogP contribution in [0.3, 0.4) is 0 Å². The average Bonchev–Trinajstić information content (AvgIpc) is 2.86. The molecule has 0 unspecified atom stereocenters. The molecule has 4 rings (SSSR count). The summed E-state index contributed by atoms with van der Waals surface area (Å²) in [4.78, 5) is 12.7. The van der Waals surface area contributed by atoms with Crippen LogP contribution >= 0.6 is 0 Å². The minimum absolute atomic E-state index is 0.163. The maximum Gasteiger partial charge on any atom is 0.0479 e. The Kier molecular flexibility index (Phi) is 8.24. The van der Waals surface area contributed by atoms with Crippen LogP contribution in [0.2, 0.25) is 0 Å². The van der Waals surface area contributed by atoms with Crippen LogP contribution in [0.25, 0.3) is 0 Å². The van der Waals surface area contributed by atoms with Gasteiger partial charge in [0.15, 0.2) is 0 Å². The lowest BCUT2D eigenvalue weighted by molar-refractivity contribution is -0.325. The number of carboxylic acids is 1. The molecule has 0 spiro atoms. The summed E-state index contributed by atoms with van der Waals surface area (Å²) in [5.41, 5.74) is 1.05. The Balaban J connectivity index is 1.53. The Hall–Kier alpha value is -1.31. The summed E-state index contributed by atoms with van der Waals surface area (Å²) in [6, 6.07) is 11.2. The second-order valence-electron chi connectivity index (χ2n) is 12.0. The first-order valence-electron chi connectivity index (χ1n) is 14.3. The number of hydrogen-bond donors (Lipinski definition) is 0. The molecule has 0 aliphatic heterocycles. The number of hydrogen-bond acceptors (Lipinski definition) is 2. The molecule has 0 N–H and O–H groups in total. The van der Waals surface area contributed by atoms with Crippen molar-refractivity contribution in [1.29, 1.82) is 0 Å². The van der Waals surface area contributed by atoms with Gasteiger partial charge in [0.05, 0.1) is 0 Å². The van der Waals surface area contributed by atoms with Crippen molar-refractivity contribution in [2.75, 3.05) is 0 Å². The van der Waals surface area contributed by atoms with Gasteiger partial charge in [0, 0.05) is 11.4 Å². The van der Waals surface area contributed by atoms with Crippen LogP contribution in [0.5, 0.6) is 0 Å². The third-order valence-electron chi connectivity index (χ3n) is 10.4. The van der Waals surface area contributed by atoms with Gasteiger partial charge in [0.25, 0.3) is 0 Å². The van der Waals surface area contributed by atoms with Crippen molar-refractivity contribution in [1.82, 2.24) is 0 Å². The maximum absolute atomic E-state index is 12.7. The Morgan fingerprint density at radius 3 is 1.70 bits per heavy atom. The molecular weight excluding hydrogens is 404 g/mol. The second kappa shape index (κ2) is 11.0. The number of benzene rings is 1. The summed E-state index contributed by atoms with van der Waals surface area (Å²) in [5, 5.41) is 12.7. The smallest absolute Gasteiger partial charge is 0.0479 e. The first-order chi connectivity index (χ1) is 16.0. The van der Waals surface area contributed by atoms with Gasteiger partial charge >= 0.3 is 0 Å². The molecular formula is C31H47O2-. The van der Waals surface area contributed by atoms with Crippen molar-refractivity contribution in [3.63, 3.8) is 0 Å². The quantitative estimate of drug-likeness (QED) is 0.412. The largest absolute Gasteiger partial charge is 0.550 e. The monoisotopic (exact) mass is 451 g/mol. The SMILES string of the molecule is CCCC1CCC(C2(C(=O)[O-])CCC(c3ccccc3)(C3CCC(CCC)CC3)CC2)CC1. The lowest BCUT2D eigenvalue weighted by Gasteiger charge is -2.55. The fourth-order valence-electron chi connectivity index (χ4n) is 8.45. The highest BCUT2D eigenvalue weighted by Crippen LogP contribution is 2.58. The number of aliphatic carboxylic acids is 1. The zero-order valence-electron chi connectivity index (χ0n) is 21.3. The molecule has 2 nitrogen and oxygen atoms in total. The van der Waals surface area contributed by atoms with Crippen LogP contribution < -0.4 is 5.11 Å². The van der Waals surface area contributed by atoms with E-state index in [0.717, 1.165) is 50.4 Å². The topological polar surface area (TPSA) is 40.1 Å². The first-order valence-corrected chi connectivity index (χ1v) is 14.3. The molecule has 3 aliphatic carbocycles. The van der Waals surface area contributed by atoms with Gasteiger partial charge < -0.3 is 9.90 Å². The van der Waals surface area contributed by atoms with E-state index in [9.17, 15) is 9.90 Å². The summed E-state index contributed by atoms with van der Waals surface area (Å²) in [6.07, 6.45) is 18.9. The number of carbonyl (C=O) groups excluding carboxylic acids is 1. The standard InChI is InChI=1S/C31H48O2/c1-3-8-24-12-16-27(17-13-24)30(26-10-6-5-7-11-26)20-22-31(23-21-30,29(32)33)28-18-14-25(9-4-2)15-19-28/h5-7,10-11,24-25,27-28H,3-4,8-9,12-23H2,1-2H3,(H,32,33)/p-1. The molecule has 0 amide bonds. The van der Waals surface area contributed by atoms with Crippen LogP contribution in [-0.2, 0) is 10.2 Å². The van der Waals surface area contributed by atoms with E-state index in [2.05, 4.69) is 44.2 Å². The third kappa shape index (κ3) is 5.06. The number of carboxylic acid groups (broad SMARTS) is 1. The molecule has 3 aliphatic rings. The van der Waals surface area contributed by atoms with Crippen molar-refractivity contribution in [2.24, 2.45) is 29.1 Å². The molecule has 0 atom stereocenters. The highest BCUT2D eigenvalue weighted by Gasteiger charge is 2.51. The summed E-state index contributed by atoms with van der Waals surface area (Å²) in [7, 11) is 0. The van der Waals surface area contributed by atoms with Crippen LogP contribution in [-0.4, -0.2) is 5.97 Å². The molecule has 3 fully saturated rings. The third-order valence-corrected chi connectivity index (χ3v) is 10.4. The van der Waals surface area contributed by atoms with E-state index in [1.165, 1.54) is 69.8 Å². The molecule has 0 radical (unpaired) electrons. The highest BCUT2D eigenvalue weighted by atomic mass is 16.4. The van der Waals surface area contributed by atoms with Gasteiger partial charge in [-0.1, -0.05) is 95.5 Å². The summed E-state index contributed by atoms with van der Waals surface area (Å²) >= 11 is 0. The fourth-order valence-corrected chi connectivity index (χ4v) is 8.45. The molecule has 0 saturated heterocycles. The predicted molar refractivity (Wildman–Crippen MR) is 135 cm³/mol. The lowest BCUT2D eigenvalue weighted by atomic mass is 9.50. The van der Waals surface area contributed by atoms with E-state index in [1.54, 1.807) is 0 Å². The molecule has 184 valence electrons. The van der Waals surface area contributed by atoms with Gasteiger partial charge in [-0.05, 0) is 86.0 Å². The van der Waals surface area contributed by atoms with Gasteiger partial charge in [-0.3, -0.25) is 0 Å². The minimum Gasteiger partial charge on any atom is -0.550 e. The molecule has 33 heavy (non-hydrogen) atoms. The molecule has 1 aromatic carbocycles. The molecule has 3 saturated carbocycles. The Bertz CT molecular complexity index is 729. The maximum atomic E-state index is 12.7. The lowest BCUT2D eigenvalue weighted by Crippen LogP contribution is -2.54. The second-order valence-corrected chi connectivity index (χ2v) is 12.0. The van der Waals surface area contributed by atoms with E-state index in [1.807, 2.05) is 0 Å². The van der Waals surface area contributed by atoms with Crippen LogP contribution in [0.4, 0.5) is 0 Å². The van der Waals surface area contributed by atoms with Crippen LogP contribution in [0, 0.1) is 29.1 Å². The van der Waals surface area contributed by atoms with Crippen molar-refractivity contribution in [2.45, 2.75) is 122 Å². The Morgan fingerprint density at radius 2 is 1.24 bits per heavy atom. The van der Waals surface area contributed by atoms with E-state index < -0.39 is 11.4 Å². The van der Waals surface area contributed by atoms with E-state index in [0.29, 0.717) is 11.8 Å². The Labute approximate surface area is 202 Å². The summed E-state index contributed by atoms with van der Waals surface area (Å²) in [5.74, 6) is 2.01. The molecule has 0 aromatic heterocycles. The summed E-state index contributed by atoms with van der Waals surface area (Å²) in [6.45, 7) is 4.59. The van der Waals surface area contributed by atoms with E-state index in [4.69, 9.17) is 0 Å². The molecule has 1 aromatic rings. The number of carbonyl (C=O) groups is 1. The van der Waals surface area contributed by atoms with Gasteiger partial charge in [0.1, 0.15) is 0 Å². The van der Waals surface area contributed by atoms with E-state index >= 15 is 0 Å². The molecule has 0 bridgehead atoms. The van der Waals surface area contributed by atoms with Crippen molar-refractivity contribution >= 4 is 5.97 Å². The number of rotatable bonds is 8. The van der Waals surface area contributed by atoms with Gasteiger partial charge in [-0.15, -0.1) is 0 Å².